The lowest BCUT2D eigenvalue weighted by Crippen LogP contribution is -2.27. The minimum absolute atomic E-state index is 0.207. The number of nitrogens with zero attached hydrogens (tertiary/aromatic N) is 1. The predicted octanol–water partition coefficient (Wildman–Crippen LogP) is 4.57. The third kappa shape index (κ3) is 4.49. The van der Waals surface area contributed by atoms with E-state index in [1.807, 2.05) is 54.6 Å². The first kappa shape index (κ1) is 16.4. The van der Waals surface area contributed by atoms with E-state index in [4.69, 9.17) is 9.84 Å². The lowest BCUT2D eigenvalue weighted by molar-refractivity contribution is 0.140. The Labute approximate surface area is 138 Å². The summed E-state index contributed by atoms with van der Waals surface area (Å²) in [6.45, 7) is 0.402. The summed E-state index contributed by atoms with van der Waals surface area (Å²) >= 11 is 3.47. The van der Waals surface area contributed by atoms with E-state index in [9.17, 15) is 4.79 Å². The lowest BCUT2D eigenvalue weighted by Gasteiger charge is -2.22. The first-order valence-electron chi connectivity index (χ1n) is 6.98. The topological polar surface area (TPSA) is 49.8 Å². The zero-order valence-electron chi connectivity index (χ0n) is 12.3. The van der Waals surface area contributed by atoms with Crippen molar-refractivity contribution in [2.24, 2.45) is 0 Å². The van der Waals surface area contributed by atoms with E-state index in [2.05, 4.69) is 15.9 Å². The van der Waals surface area contributed by atoms with Crippen LogP contribution in [0.5, 0.6) is 5.75 Å². The standard InChI is InChI=1S/C17H18BrNO3/c1-19(17(20)21)12-11-15(13-7-3-2-4-8-13)22-16-10-6-5-9-14(16)18/h2-10,15H,11-12H2,1H3,(H,20,21). The highest BCUT2D eigenvalue weighted by Gasteiger charge is 2.17. The molecule has 4 nitrogen and oxygen atoms in total. The quantitative estimate of drug-likeness (QED) is 0.817. The third-order valence-electron chi connectivity index (χ3n) is 3.33. The molecule has 0 aliphatic heterocycles. The molecule has 2 aromatic rings. The molecule has 1 atom stereocenters. The Morgan fingerprint density at radius 1 is 1.18 bits per heavy atom. The number of para-hydroxylation sites is 1. The van der Waals surface area contributed by atoms with E-state index in [0.29, 0.717) is 13.0 Å². The zero-order valence-corrected chi connectivity index (χ0v) is 13.9. The molecule has 2 aromatic carbocycles. The molecule has 5 heteroatoms. The molecule has 0 radical (unpaired) electrons. The van der Waals surface area contributed by atoms with Gasteiger partial charge in [-0.1, -0.05) is 42.5 Å². The van der Waals surface area contributed by atoms with E-state index in [0.717, 1.165) is 15.8 Å². The van der Waals surface area contributed by atoms with Crippen molar-refractivity contribution in [2.75, 3.05) is 13.6 Å². The van der Waals surface area contributed by atoms with Crippen molar-refractivity contribution in [3.05, 3.63) is 64.6 Å². The van der Waals surface area contributed by atoms with Gasteiger partial charge in [0.05, 0.1) is 4.47 Å². The van der Waals surface area contributed by atoms with E-state index < -0.39 is 6.09 Å². The molecule has 0 saturated carbocycles. The van der Waals surface area contributed by atoms with Crippen LogP contribution in [0.3, 0.4) is 0 Å². The Kier molecular flexibility index (Phi) is 5.83. The molecular weight excluding hydrogens is 346 g/mol. The van der Waals surface area contributed by atoms with Crippen LogP contribution in [0.1, 0.15) is 18.1 Å². The van der Waals surface area contributed by atoms with Crippen molar-refractivity contribution in [3.63, 3.8) is 0 Å². The zero-order chi connectivity index (χ0) is 15.9. The second-order valence-electron chi connectivity index (χ2n) is 4.94. The van der Waals surface area contributed by atoms with Crippen LogP contribution in [0.2, 0.25) is 0 Å². The molecule has 1 unspecified atom stereocenters. The number of halogens is 1. The summed E-state index contributed by atoms with van der Waals surface area (Å²) in [6.07, 6.45) is -0.567. The molecule has 116 valence electrons. The molecular formula is C17H18BrNO3. The van der Waals surface area contributed by atoms with Crippen LogP contribution in [0.25, 0.3) is 0 Å². The van der Waals surface area contributed by atoms with E-state index in [-0.39, 0.29) is 6.10 Å². The molecule has 22 heavy (non-hydrogen) atoms. The highest BCUT2D eigenvalue weighted by molar-refractivity contribution is 9.10. The predicted molar refractivity (Wildman–Crippen MR) is 89.2 cm³/mol. The highest BCUT2D eigenvalue weighted by Crippen LogP contribution is 2.30. The lowest BCUT2D eigenvalue weighted by atomic mass is 10.1. The van der Waals surface area contributed by atoms with Crippen molar-refractivity contribution in [1.82, 2.24) is 4.90 Å². The highest BCUT2D eigenvalue weighted by atomic mass is 79.9. The Balaban J connectivity index is 2.15. The maximum absolute atomic E-state index is 10.9. The van der Waals surface area contributed by atoms with Crippen molar-refractivity contribution in [2.45, 2.75) is 12.5 Å². The molecule has 0 saturated heterocycles. The van der Waals surface area contributed by atoms with Gasteiger partial charge in [0, 0.05) is 20.0 Å². The Hall–Kier alpha value is -2.01. The molecule has 1 N–H and O–H groups in total. The average Bonchev–Trinajstić information content (AvgIpc) is 2.53. The Morgan fingerprint density at radius 3 is 2.45 bits per heavy atom. The maximum Gasteiger partial charge on any atom is 0.407 e. The summed E-state index contributed by atoms with van der Waals surface area (Å²) in [4.78, 5) is 12.2. The fraction of sp³-hybridized carbons (Fsp3) is 0.235. The largest absolute Gasteiger partial charge is 0.484 e. The normalized spacial score (nSPS) is 11.7. The second kappa shape index (κ2) is 7.84. The van der Waals surface area contributed by atoms with Crippen LogP contribution in [-0.4, -0.2) is 29.7 Å². The van der Waals surface area contributed by atoms with Gasteiger partial charge in [-0.3, -0.25) is 0 Å². The molecule has 0 fully saturated rings. The van der Waals surface area contributed by atoms with Crippen molar-refractivity contribution < 1.29 is 14.6 Å². The SMILES string of the molecule is CN(CCC(Oc1ccccc1Br)c1ccccc1)C(=O)O. The number of rotatable bonds is 6. The molecule has 0 heterocycles. The molecule has 0 aliphatic rings. The van der Waals surface area contributed by atoms with Gasteiger partial charge in [0.1, 0.15) is 11.9 Å². The van der Waals surface area contributed by atoms with Crippen molar-refractivity contribution >= 4 is 22.0 Å². The number of benzene rings is 2. The smallest absolute Gasteiger partial charge is 0.407 e. The molecule has 0 aromatic heterocycles. The monoisotopic (exact) mass is 363 g/mol. The summed E-state index contributed by atoms with van der Waals surface area (Å²) in [5.41, 5.74) is 1.03. The molecule has 0 bridgehead atoms. The maximum atomic E-state index is 10.9. The Bertz CT molecular complexity index is 618. The molecule has 1 amide bonds. The van der Waals surface area contributed by atoms with Gasteiger partial charge in [-0.05, 0) is 33.6 Å². The van der Waals surface area contributed by atoms with Gasteiger partial charge in [0.25, 0.3) is 0 Å². The van der Waals surface area contributed by atoms with Gasteiger partial charge < -0.3 is 14.7 Å². The fourth-order valence-corrected chi connectivity index (χ4v) is 2.44. The molecule has 0 spiro atoms. The van der Waals surface area contributed by atoms with Crippen LogP contribution >= 0.6 is 15.9 Å². The van der Waals surface area contributed by atoms with Crippen LogP contribution in [0, 0.1) is 0 Å². The van der Waals surface area contributed by atoms with Gasteiger partial charge in [-0.2, -0.15) is 0 Å². The first-order chi connectivity index (χ1) is 10.6. The molecule has 2 rings (SSSR count). The number of carbonyl (C=O) groups is 1. The number of ether oxygens (including phenoxy) is 1. The van der Waals surface area contributed by atoms with Crippen LogP contribution in [-0.2, 0) is 0 Å². The van der Waals surface area contributed by atoms with Crippen molar-refractivity contribution in [1.29, 1.82) is 0 Å². The second-order valence-corrected chi connectivity index (χ2v) is 5.79. The van der Waals surface area contributed by atoms with Gasteiger partial charge in [-0.25, -0.2) is 4.79 Å². The number of hydrogen-bond donors (Lipinski definition) is 1. The molecule has 0 aliphatic carbocycles. The summed E-state index contributed by atoms with van der Waals surface area (Å²) < 4.78 is 6.97. The number of hydrogen-bond acceptors (Lipinski definition) is 2. The number of carboxylic acid groups (broad SMARTS) is 1. The Morgan fingerprint density at radius 2 is 1.82 bits per heavy atom. The third-order valence-corrected chi connectivity index (χ3v) is 3.99. The summed E-state index contributed by atoms with van der Waals surface area (Å²) in [6, 6.07) is 17.5. The number of amides is 1. The van der Waals surface area contributed by atoms with Crippen LogP contribution < -0.4 is 4.74 Å². The van der Waals surface area contributed by atoms with Gasteiger partial charge in [0.2, 0.25) is 0 Å². The average molecular weight is 364 g/mol. The summed E-state index contributed by atoms with van der Waals surface area (Å²) in [5.74, 6) is 0.745. The van der Waals surface area contributed by atoms with Gasteiger partial charge in [-0.15, -0.1) is 0 Å². The van der Waals surface area contributed by atoms with Crippen molar-refractivity contribution in [3.8, 4) is 5.75 Å². The van der Waals surface area contributed by atoms with E-state index in [1.54, 1.807) is 7.05 Å². The van der Waals surface area contributed by atoms with Gasteiger partial charge >= 0.3 is 6.09 Å². The summed E-state index contributed by atoms with van der Waals surface area (Å²) in [5, 5.41) is 8.98. The first-order valence-corrected chi connectivity index (χ1v) is 7.77. The van der Waals surface area contributed by atoms with E-state index >= 15 is 0 Å². The summed E-state index contributed by atoms with van der Waals surface area (Å²) in [7, 11) is 1.56. The minimum Gasteiger partial charge on any atom is -0.484 e. The van der Waals surface area contributed by atoms with E-state index in [1.165, 1.54) is 4.90 Å². The minimum atomic E-state index is -0.937. The fourth-order valence-electron chi connectivity index (χ4n) is 2.06. The van der Waals surface area contributed by atoms with Gasteiger partial charge in [0.15, 0.2) is 0 Å². The van der Waals surface area contributed by atoms with Crippen LogP contribution in [0.4, 0.5) is 4.79 Å². The van der Waals surface area contributed by atoms with Crippen LogP contribution in [0.15, 0.2) is 59.1 Å².